The summed E-state index contributed by atoms with van der Waals surface area (Å²) in [6.07, 6.45) is 3.96. The summed E-state index contributed by atoms with van der Waals surface area (Å²) in [5.74, 6) is 0.850. The van der Waals surface area contributed by atoms with Gasteiger partial charge in [-0.05, 0) is 43.8 Å². The van der Waals surface area contributed by atoms with E-state index in [4.69, 9.17) is 0 Å². The maximum absolute atomic E-state index is 2.68. The lowest BCUT2D eigenvalue weighted by Gasteiger charge is -2.21. The minimum absolute atomic E-state index is 0.850. The van der Waals surface area contributed by atoms with Crippen molar-refractivity contribution in [2.24, 2.45) is 0 Å². The van der Waals surface area contributed by atoms with E-state index in [1.807, 2.05) is 11.3 Å². The molecule has 2 heteroatoms. The summed E-state index contributed by atoms with van der Waals surface area (Å²) in [4.78, 5) is 4.28. The highest BCUT2D eigenvalue weighted by atomic mass is 32.1. The molecule has 0 aliphatic heterocycles. The summed E-state index contributed by atoms with van der Waals surface area (Å²) in [6.45, 7) is 7.12. The molecule has 84 valence electrons. The van der Waals surface area contributed by atoms with E-state index >= 15 is 0 Å². The smallest absolute Gasteiger partial charge is 0.0179 e. The molecule has 0 unspecified atom stereocenters. The number of rotatable bonds is 6. The predicted octanol–water partition coefficient (Wildman–Crippen LogP) is 3.73. The van der Waals surface area contributed by atoms with Crippen LogP contribution in [0, 0.1) is 0 Å². The summed E-state index contributed by atoms with van der Waals surface area (Å²) < 4.78 is 0. The summed E-state index contributed by atoms with van der Waals surface area (Å²) in [7, 11) is 0. The summed E-state index contributed by atoms with van der Waals surface area (Å²) >= 11 is 1.92. The Labute approximate surface area is 97.1 Å². The largest absolute Gasteiger partial charge is 0.300 e. The van der Waals surface area contributed by atoms with Crippen molar-refractivity contribution < 1.29 is 0 Å². The van der Waals surface area contributed by atoms with Crippen LogP contribution in [-0.4, -0.2) is 24.0 Å². The predicted molar refractivity (Wildman–Crippen MR) is 67.6 cm³/mol. The Balaban J connectivity index is 1.90. The van der Waals surface area contributed by atoms with Crippen molar-refractivity contribution in [3.8, 4) is 0 Å². The maximum Gasteiger partial charge on any atom is 0.0179 e. The van der Waals surface area contributed by atoms with Gasteiger partial charge in [-0.1, -0.05) is 19.9 Å². The van der Waals surface area contributed by atoms with Gasteiger partial charge in [-0.3, -0.25) is 4.90 Å². The molecule has 0 saturated heterocycles. The van der Waals surface area contributed by atoms with Crippen LogP contribution in [0.15, 0.2) is 17.5 Å². The van der Waals surface area contributed by atoms with Crippen molar-refractivity contribution in [3.05, 3.63) is 22.4 Å². The van der Waals surface area contributed by atoms with E-state index in [-0.39, 0.29) is 0 Å². The highest BCUT2D eigenvalue weighted by Gasteiger charge is 2.42. The van der Waals surface area contributed by atoms with E-state index in [1.165, 1.54) is 32.4 Å². The van der Waals surface area contributed by atoms with Gasteiger partial charge in [0.1, 0.15) is 0 Å². The summed E-state index contributed by atoms with van der Waals surface area (Å²) in [5, 5.41) is 2.20. The minimum Gasteiger partial charge on any atom is -0.300 e. The van der Waals surface area contributed by atoms with Crippen LogP contribution in [0.1, 0.15) is 43.9 Å². The normalized spacial score (nSPS) is 24.7. The van der Waals surface area contributed by atoms with Gasteiger partial charge < -0.3 is 0 Å². The van der Waals surface area contributed by atoms with Gasteiger partial charge >= 0.3 is 0 Å². The van der Waals surface area contributed by atoms with Gasteiger partial charge in [0, 0.05) is 16.8 Å². The molecular weight excluding hydrogens is 202 g/mol. The Morgan fingerprint density at radius 2 is 2.07 bits per heavy atom. The number of hydrogen-bond donors (Lipinski definition) is 0. The molecule has 0 bridgehead atoms. The number of thiophene rings is 1. The van der Waals surface area contributed by atoms with Crippen LogP contribution in [0.5, 0.6) is 0 Å². The molecule has 1 heterocycles. The zero-order valence-electron chi connectivity index (χ0n) is 9.78. The second kappa shape index (κ2) is 5.13. The first kappa shape index (κ1) is 11.2. The molecule has 2 atom stereocenters. The molecule has 1 fully saturated rings. The first-order valence-electron chi connectivity index (χ1n) is 6.14. The first-order chi connectivity index (χ1) is 7.36. The zero-order valence-corrected chi connectivity index (χ0v) is 10.6. The quantitative estimate of drug-likeness (QED) is 0.710. The second-order valence-electron chi connectivity index (χ2n) is 4.46. The van der Waals surface area contributed by atoms with Gasteiger partial charge in [0.25, 0.3) is 0 Å². The third kappa shape index (κ3) is 2.61. The molecule has 1 nitrogen and oxygen atoms in total. The third-order valence-corrected chi connectivity index (χ3v) is 4.16. The average molecular weight is 223 g/mol. The molecule has 1 aromatic rings. The minimum atomic E-state index is 0.850. The molecule has 15 heavy (non-hydrogen) atoms. The SMILES string of the molecule is CCCN(CCC)[C@@H]1C[C@H]1c1cccs1. The first-order valence-corrected chi connectivity index (χ1v) is 7.02. The molecular formula is C13H21NS. The number of nitrogens with zero attached hydrogens (tertiary/aromatic N) is 1. The Kier molecular flexibility index (Phi) is 3.81. The molecule has 1 aliphatic carbocycles. The van der Waals surface area contributed by atoms with E-state index < -0.39 is 0 Å². The van der Waals surface area contributed by atoms with E-state index in [2.05, 4.69) is 36.3 Å². The lowest BCUT2D eigenvalue weighted by molar-refractivity contribution is 0.260. The van der Waals surface area contributed by atoms with Crippen molar-refractivity contribution in [1.82, 2.24) is 4.90 Å². The van der Waals surface area contributed by atoms with Crippen molar-refractivity contribution >= 4 is 11.3 Å². The lowest BCUT2D eigenvalue weighted by atomic mass is 10.3. The van der Waals surface area contributed by atoms with E-state index in [1.54, 1.807) is 4.88 Å². The van der Waals surface area contributed by atoms with Crippen molar-refractivity contribution in [2.45, 2.75) is 45.1 Å². The molecule has 0 radical (unpaired) electrons. The van der Waals surface area contributed by atoms with Gasteiger partial charge in [-0.2, -0.15) is 0 Å². The molecule has 1 aliphatic rings. The van der Waals surface area contributed by atoms with Gasteiger partial charge in [-0.25, -0.2) is 0 Å². The fourth-order valence-corrected chi connectivity index (χ4v) is 3.31. The van der Waals surface area contributed by atoms with Crippen LogP contribution in [-0.2, 0) is 0 Å². The highest BCUT2D eigenvalue weighted by Crippen LogP contribution is 2.46. The molecule has 1 saturated carbocycles. The van der Waals surface area contributed by atoms with Crippen molar-refractivity contribution in [3.63, 3.8) is 0 Å². The molecule has 0 spiro atoms. The van der Waals surface area contributed by atoms with Crippen molar-refractivity contribution in [2.75, 3.05) is 13.1 Å². The van der Waals surface area contributed by atoms with Gasteiger partial charge in [0.2, 0.25) is 0 Å². The van der Waals surface area contributed by atoms with Crippen LogP contribution in [0.4, 0.5) is 0 Å². The van der Waals surface area contributed by atoms with Crippen molar-refractivity contribution in [1.29, 1.82) is 0 Å². The fourth-order valence-electron chi connectivity index (χ4n) is 2.41. The van der Waals surface area contributed by atoms with E-state index in [9.17, 15) is 0 Å². The molecule has 1 aromatic heterocycles. The van der Waals surface area contributed by atoms with Gasteiger partial charge in [0.05, 0.1) is 0 Å². The van der Waals surface area contributed by atoms with Crippen LogP contribution in [0.25, 0.3) is 0 Å². The molecule has 0 N–H and O–H groups in total. The van der Waals surface area contributed by atoms with Crippen LogP contribution < -0.4 is 0 Å². The van der Waals surface area contributed by atoms with E-state index in [0.29, 0.717) is 0 Å². The zero-order chi connectivity index (χ0) is 10.7. The number of hydrogen-bond acceptors (Lipinski definition) is 2. The molecule has 0 aromatic carbocycles. The van der Waals surface area contributed by atoms with Crippen LogP contribution in [0.2, 0.25) is 0 Å². The average Bonchev–Trinajstić information content (AvgIpc) is 2.84. The standard InChI is InChI=1S/C13H21NS/c1-3-7-14(8-4-2)12-10-11(12)13-6-5-9-15-13/h5-6,9,11-12H,3-4,7-8,10H2,1-2H3/t11-,12-/m1/s1. The van der Waals surface area contributed by atoms with Gasteiger partial charge in [0.15, 0.2) is 0 Å². The molecule has 0 amide bonds. The lowest BCUT2D eigenvalue weighted by Crippen LogP contribution is -2.28. The monoisotopic (exact) mass is 223 g/mol. The Morgan fingerprint density at radius 3 is 2.60 bits per heavy atom. The van der Waals surface area contributed by atoms with Gasteiger partial charge in [-0.15, -0.1) is 11.3 Å². The third-order valence-electron chi connectivity index (χ3n) is 3.16. The second-order valence-corrected chi connectivity index (χ2v) is 5.44. The Hall–Kier alpha value is -0.340. The Morgan fingerprint density at radius 1 is 1.33 bits per heavy atom. The summed E-state index contributed by atoms with van der Waals surface area (Å²) in [5.41, 5.74) is 0. The maximum atomic E-state index is 2.68. The molecule has 2 rings (SSSR count). The van der Waals surface area contributed by atoms with E-state index in [0.717, 1.165) is 12.0 Å². The fraction of sp³-hybridized carbons (Fsp3) is 0.692. The van der Waals surface area contributed by atoms with Crippen LogP contribution >= 0.6 is 11.3 Å². The van der Waals surface area contributed by atoms with Crippen LogP contribution in [0.3, 0.4) is 0 Å². The topological polar surface area (TPSA) is 3.24 Å². The highest BCUT2D eigenvalue weighted by molar-refractivity contribution is 7.10. The summed E-state index contributed by atoms with van der Waals surface area (Å²) in [6, 6.07) is 5.33. The Bertz CT molecular complexity index is 275.